The van der Waals surface area contributed by atoms with Gasteiger partial charge in [-0.15, -0.1) is 12.4 Å². The number of ether oxygens (including phenoxy) is 1. The van der Waals surface area contributed by atoms with Crippen molar-refractivity contribution >= 4 is 18.3 Å². The van der Waals surface area contributed by atoms with Crippen molar-refractivity contribution in [3.05, 3.63) is 30.1 Å². The van der Waals surface area contributed by atoms with E-state index in [9.17, 15) is 9.18 Å². The fourth-order valence-corrected chi connectivity index (χ4v) is 2.64. The number of nitrogens with one attached hydrogen (secondary N) is 1. The largest absolute Gasteiger partial charge is 0.493 e. The third kappa shape index (κ3) is 5.81. The molecule has 1 aliphatic heterocycles. The monoisotopic (exact) mass is 330 g/mol. The van der Waals surface area contributed by atoms with Crippen molar-refractivity contribution in [2.24, 2.45) is 5.92 Å². The zero-order valence-corrected chi connectivity index (χ0v) is 13.7. The quantitative estimate of drug-likeness (QED) is 0.781. The first-order chi connectivity index (χ1) is 10.2. The number of hydrogen-bond acceptors (Lipinski definition) is 3. The van der Waals surface area contributed by atoms with Crippen molar-refractivity contribution in [3.8, 4) is 5.75 Å². The van der Waals surface area contributed by atoms with Crippen LogP contribution < -0.4 is 10.1 Å². The lowest BCUT2D eigenvalue weighted by Gasteiger charge is -2.16. The highest BCUT2D eigenvalue weighted by atomic mass is 35.5. The molecule has 1 saturated heterocycles. The highest BCUT2D eigenvalue weighted by Gasteiger charge is 2.25. The van der Waals surface area contributed by atoms with E-state index in [1.54, 1.807) is 12.1 Å². The standard InChI is InChI=1S/C16H23FN2O2.ClH/c1-18-11-13-7-8-19(12-13)16(20)6-3-9-21-15-5-2-4-14(17)10-15;/h2,4-5,10,13,18H,3,6-9,11-12H2,1H3;1H. The smallest absolute Gasteiger partial charge is 0.222 e. The summed E-state index contributed by atoms with van der Waals surface area (Å²) in [7, 11) is 1.94. The lowest BCUT2D eigenvalue weighted by molar-refractivity contribution is -0.130. The summed E-state index contributed by atoms with van der Waals surface area (Å²) in [5.41, 5.74) is 0. The highest BCUT2D eigenvalue weighted by Crippen LogP contribution is 2.17. The van der Waals surface area contributed by atoms with E-state index in [0.29, 0.717) is 31.1 Å². The molecule has 1 heterocycles. The second-order valence-electron chi connectivity index (χ2n) is 5.46. The Morgan fingerprint density at radius 3 is 3.05 bits per heavy atom. The minimum atomic E-state index is -0.309. The lowest BCUT2D eigenvalue weighted by atomic mass is 10.1. The summed E-state index contributed by atoms with van der Waals surface area (Å²) in [5, 5.41) is 3.16. The van der Waals surface area contributed by atoms with Gasteiger partial charge in [-0.1, -0.05) is 6.07 Å². The summed E-state index contributed by atoms with van der Waals surface area (Å²) in [6.07, 6.45) is 2.22. The Kier molecular flexibility index (Phi) is 8.20. The minimum Gasteiger partial charge on any atom is -0.493 e. The molecule has 1 aromatic carbocycles. The van der Waals surface area contributed by atoms with Gasteiger partial charge in [0.15, 0.2) is 0 Å². The molecule has 0 bridgehead atoms. The van der Waals surface area contributed by atoms with Crippen LogP contribution in [0.4, 0.5) is 4.39 Å². The first-order valence-corrected chi connectivity index (χ1v) is 7.50. The van der Waals surface area contributed by atoms with E-state index in [4.69, 9.17) is 4.74 Å². The van der Waals surface area contributed by atoms with Gasteiger partial charge in [0.25, 0.3) is 0 Å². The Morgan fingerprint density at radius 1 is 1.50 bits per heavy atom. The normalized spacial score (nSPS) is 17.2. The van der Waals surface area contributed by atoms with Gasteiger partial charge in [-0.2, -0.15) is 0 Å². The maximum atomic E-state index is 13.0. The lowest BCUT2D eigenvalue weighted by Crippen LogP contribution is -2.30. The van der Waals surface area contributed by atoms with Crippen molar-refractivity contribution in [3.63, 3.8) is 0 Å². The summed E-state index contributed by atoms with van der Waals surface area (Å²) in [6.45, 7) is 3.11. The van der Waals surface area contributed by atoms with Crippen LogP contribution in [0.25, 0.3) is 0 Å². The van der Waals surface area contributed by atoms with E-state index in [1.165, 1.54) is 12.1 Å². The summed E-state index contributed by atoms with van der Waals surface area (Å²) < 4.78 is 18.4. The molecule has 1 aromatic rings. The van der Waals surface area contributed by atoms with Gasteiger partial charge in [-0.3, -0.25) is 4.79 Å². The maximum absolute atomic E-state index is 13.0. The molecule has 0 aliphatic carbocycles. The van der Waals surface area contributed by atoms with Crippen molar-refractivity contribution in [2.75, 3.05) is 33.3 Å². The number of carbonyl (C=O) groups is 1. The van der Waals surface area contributed by atoms with Crippen LogP contribution in [0.3, 0.4) is 0 Å². The van der Waals surface area contributed by atoms with Crippen molar-refractivity contribution in [1.82, 2.24) is 10.2 Å². The SMILES string of the molecule is CNCC1CCN(C(=O)CCCOc2cccc(F)c2)C1.Cl. The number of rotatable bonds is 7. The van der Waals surface area contributed by atoms with E-state index < -0.39 is 0 Å². The van der Waals surface area contributed by atoms with Gasteiger partial charge >= 0.3 is 0 Å². The molecular weight excluding hydrogens is 307 g/mol. The van der Waals surface area contributed by atoms with Crippen LogP contribution in [0.1, 0.15) is 19.3 Å². The van der Waals surface area contributed by atoms with E-state index in [1.807, 2.05) is 11.9 Å². The molecule has 0 spiro atoms. The Balaban J connectivity index is 0.00000242. The van der Waals surface area contributed by atoms with Crippen LogP contribution in [0.5, 0.6) is 5.75 Å². The van der Waals surface area contributed by atoms with Crippen LogP contribution >= 0.6 is 12.4 Å². The first-order valence-electron chi connectivity index (χ1n) is 7.50. The third-order valence-corrected chi connectivity index (χ3v) is 3.73. The number of likely N-dealkylation sites (tertiary alicyclic amines) is 1. The second-order valence-corrected chi connectivity index (χ2v) is 5.46. The molecular formula is C16H24ClFN2O2. The molecule has 0 saturated carbocycles. The second kappa shape index (κ2) is 9.64. The molecule has 0 aromatic heterocycles. The molecule has 1 unspecified atom stereocenters. The van der Waals surface area contributed by atoms with Crippen LogP contribution in [-0.2, 0) is 4.79 Å². The number of carbonyl (C=O) groups excluding carboxylic acids is 1. The fourth-order valence-electron chi connectivity index (χ4n) is 2.64. The summed E-state index contributed by atoms with van der Waals surface area (Å²) in [4.78, 5) is 14.0. The molecule has 2 rings (SSSR count). The molecule has 22 heavy (non-hydrogen) atoms. The average molecular weight is 331 g/mol. The minimum absolute atomic E-state index is 0. The topological polar surface area (TPSA) is 41.6 Å². The summed E-state index contributed by atoms with van der Waals surface area (Å²) in [5.74, 6) is 0.966. The van der Waals surface area contributed by atoms with Gasteiger partial charge < -0.3 is 15.0 Å². The molecule has 4 nitrogen and oxygen atoms in total. The highest BCUT2D eigenvalue weighted by molar-refractivity contribution is 5.85. The number of nitrogens with zero attached hydrogens (tertiary/aromatic N) is 1. The number of benzene rings is 1. The van der Waals surface area contributed by atoms with E-state index >= 15 is 0 Å². The Labute approximate surface area is 137 Å². The first kappa shape index (κ1) is 18.7. The summed E-state index contributed by atoms with van der Waals surface area (Å²) >= 11 is 0. The van der Waals surface area contributed by atoms with Crippen LogP contribution in [0.15, 0.2) is 24.3 Å². The van der Waals surface area contributed by atoms with Crippen LogP contribution in [0.2, 0.25) is 0 Å². The maximum Gasteiger partial charge on any atom is 0.222 e. The zero-order chi connectivity index (χ0) is 15.1. The predicted octanol–water partition coefficient (Wildman–Crippen LogP) is 2.47. The predicted molar refractivity (Wildman–Crippen MR) is 87.0 cm³/mol. The summed E-state index contributed by atoms with van der Waals surface area (Å²) in [6, 6.07) is 6.06. The molecule has 1 aliphatic rings. The number of halogens is 2. The molecule has 1 atom stereocenters. The Hall–Kier alpha value is -1.33. The molecule has 6 heteroatoms. The van der Waals surface area contributed by atoms with E-state index in [-0.39, 0.29) is 24.1 Å². The zero-order valence-electron chi connectivity index (χ0n) is 12.9. The fraction of sp³-hybridized carbons (Fsp3) is 0.562. The van der Waals surface area contributed by atoms with Gasteiger partial charge in [0.05, 0.1) is 6.61 Å². The number of hydrogen-bond donors (Lipinski definition) is 1. The van der Waals surface area contributed by atoms with Crippen molar-refractivity contribution in [2.45, 2.75) is 19.3 Å². The van der Waals surface area contributed by atoms with E-state index in [2.05, 4.69) is 5.32 Å². The number of amides is 1. The molecule has 1 amide bonds. The van der Waals surface area contributed by atoms with Gasteiger partial charge in [-0.05, 0) is 44.5 Å². The van der Waals surface area contributed by atoms with E-state index in [0.717, 1.165) is 26.1 Å². The Morgan fingerprint density at radius 2 is 2.32 bits per heavy atom. The third-order valence-electron chi connectivity index (χ3n) is 3.73. The molecule has 1 fully saturated rings. The van der Waals surface area contributed by atoms with Gasteiger partial charge in [-0.25, -0.2) is 4.39 Å². The van der Waals surface area contributed by atoms with Crippen LogP contribution in [0, 0.1) is 11.7 Å². The van der Waals surface area contributed by atoms with Crippen molar-refractivity contribution < 1.29 is 13.9 Å². The van der Waals surface area contributed by atoms with Gasteiger partial charge in [0.1, 0.15) is 11.6 Å². The molecule has 0 radical (unpaired) electrons. The van der Waals surface area contributed by atoms with Gasteiger partial charge in [0.2, 0.25) is 5.91 Å². The molecule has 1 N–H and O–H groups in total. The average Bonchev–Trinajstić information content (AvgIpc) is 2.93. The Bertz CT molecular complexity index is 473. The van der Waals surface area contributed by atoms with Gasteiger partial charge in [0, 0.05) is 25.6 Å². The molecule has 124 valence electrons. The van der Waals surface area contributed by atoms with Crippen molar-refractivity contribution in [1.29, 1.82) is 0 Å². The van der Waals surface area contributed by atoms with Crippen LogP contribution in [-0.4, -0.2) is 44.1 Å².